The number of benzene rings is 1. The van der Waals surface area contributed by atoms with Gasteiger partial charge < -0.3 is 15.2 Å². The monoisotopic (exact) mass is 603 g/mol. The number of carbonyl (C=O) groups is 2. The van der Waals surface area contributed by atoms with E-state index >= 15 is 0 Å². The first-order chi connectivity index (χ1) is 19.5. The zero-order valence-corrected chi connectivity index (χ0v) is 24.2. The summed E-state index contributed by atoms with van der Waals surface area (Å²) in [6.45, 7) is 3.81. The summed E-state index contributed by atoms with van der Waals surface area (Å²) in [5.41, 5.74) is 1.85. The number of fused-ring (bicyclic) bond motifs is 1. The Balaban J connectivity index is 1.54. The standard InChI is InChI=1S/C28H28ClF2N5O4S/c1-28(2,27(38)39)8-10-36-13-15-12-14(4-7-18(15)35-36)22-19(26(37)40-3)23(16-5-6-17(30)21(31)20(16)29)34-24(33-22)25-32-9-11-41-25/h5-6,9,11,13-14,23H,4,7-8,10,12H2,1-3H3,(H,33,34)(H,38,39). The van der Waals surface area contributed by atoms with Crippen LogP contribution in [-0.2, 0) is 33.7 Å². The molecular weight excluding hydrogens is 576 g/mol. The fraction of sp³-hybridized carbons (Fsp3) is 0.393. The van der Waals surface area contributed by atoms with Crippen LogP contribution in [0.3, 0.4) is 0 Å². The van der Waals surface area contributed by atoms with Crippen molar-refractivity contribution < 1.29 is 28.2 Å². The number of carboxylic acids is 1. The minimum atomic E-state index is -1.22. The minimum absolute atomic E-state index is 0.129. The SMILES string of the molecule is COC(=O)C1=C(C2CCc3nn(CCC(C)(C)C(=O)O)cc3C2)NC(c2nccs2)=NC1c1ccc(F)c(F)c1Cl. The van der Waals surface area contributed by atoms with Gasteiger partial charge in [-0.15, -0.1) is 11.3 Å². The molecule has 0 saturated heterocycles. The van der Waals surface area contributed by atoms with Crippen LogP contribution in [0.5, 0.6) is 0 Å². The number of hydrogen-bond donors (Lipinski definition) is 2. The van der Waals surface area contributed by atoms with E-state index < -0.39 is 40.1 Å². The molecule has 2 unspecified atom stereocenters. The molecule has 3 heterocycles. The second-order valence-electron chi connectivity index (χ2n) is 10.7. The van der Waals surface area contributed by atoms with E-state index in [-0.39, 0.29) is 17.1 Å². The Bertz CT molecular complexity index is 1570. The summed E-state index contributed by atoms with van der Waals surface area (Å²) < 4.78 is 35.4. The number of esters is 1. The predicted octanol–water partition coefficient (Wildman–Crippen LogP) is 5.10. The van der Waals surface area contributed by atoms with Crippen LogP contribution in [-0.4, -0.2) is 44.8 Å². The van der Waals surface area contributed by atoms with Crippen molar-refractivity contribution in [2.24, 2.45) is 16.3 Å². The van der Waals surface area contributed by atoms with E-state index in [1.165, 1.54) is 24.5 Å². The van der Waals surface area contributed by atoms with Crippen molar-refractivity contribution in [1.82, 2.24) is 20.1 Å². The molecule has 2 aromatic heterocycles. The maximum Gasteiger partial charge on any atom is 0.338 e. The second kappa shape index (κ2) is 11.3. The third-order valence-corrected chi connectivity index (χ3v) is 8.71. The van der Waals surface area contributed by atoms with Gasteiger partial charge in [0.05, 0.1) is 28.8 Å². The number of nitrogens with zero attached hydrogens (tertiary/aromatic N) is 4. The van der Waals surface area contributed by atoms with E-state index in [0.29, 0.717) is 48.8 Å². The summed E-state index contributed by atoms with van der Waals surface area (Å²) in [4.78, 5) is 33.8. The van der Waals surface area contributed by atoms with Crippen molar-refractivity contribution in [2.45, 2.75) is 52.1 Å². The van der Waals surface area contributed by atoms with E-state index in [1.807, 2.05) is 6.20 Å². The molecule has 0 fully saturated rings. The Morgan fingerprint density at radius 2 is 2.10 bits per heavy atom. The number of aliphatic imine (C=N–C) groups is 1. The highest BCUT2D eigenvalue weighted by Crippen LogP contribution is 2.41. The smallest absolute Gasteiger partial charge is 0.338 e. The number of aromatic nitrogens is 3. The molecule has 0 radical (unpaired) electrons. The molecule has 1 aliphatic heterocycles. The summed E-state index contributed by atoms with van der Waals surface area (Å²) in [5.74, 6) is -3.68. The molecule has 0 amide bonds. The van der Waals surface area contributed by atoms with E-state index in [1.54, 1.807) is 30.1 Å². The van der Waals surface area contributed by atoms with Gasteiger partial charge >= 0.3 is 11.9 Å². The van der Waals surface area contributed by atoms with Gasteiger partial charge in [-0.3, -0.25) is 14.5 Å². The lowest BCUT2D eigenvalue weighted by Gasteiger charge is -2.32. The van der Waals surface area contributed by atoms with Crippen LogP contribution in [0.1, 0.15) is 54.6 Å². The second-order valence-corrected chi connectivity index (χ2v) is 11.9. The van der Waals surface area contributed by atoms with Crippen molar-refractivity contribution >= 4 is 40.7 Å². The van der Waals surface area contributed by atoms with Crippen molar-refractivity contribution in [3.8, 4) is 0 Å². The number of allylic oxidation sites excluding steroid dienone is 1. The quantitative estimate of drug-likeness (QED) is 0.272. The van der Waals surface area contributed by atoms with Gasteiger partial charge in [0.2, 0.25) is 0 Å². The molecule has 0 saturated carbocycles. The van der Waals surface area contributed by atoms with Crippen molar-refractivity contribution in [2.75, 3.05) is 7.11 Å². The number of amidine groups is 1. The normalized spacial score (nSPS) is 18.9. The molecule has 5 rings (SSSR count). The number of ether oxygens (including phenoxy) is 1. The van der Waals surface area contributed by atoms with Gasteiger partial charge in [-0.05, 0) is 51.2 Å². The Morgan fingerprint density at radius 1 is 1.32 bits per heavy atom. The molecule has 0 spiro atoms. The topological polar surface area (TPSA) is 119 Å². The highest BCUT2D eigenvalue weighted by molar-refractivity contribution is 7.11. The average molecular weight is 604 g/mol. The first-order valence-corrected chi connectivity index (χ1v) is 14.2. The van der Waals surface area contributed by atoms with Crippen LogP contribution in [0, 0.1) is 23.0 Å². The Hall–Kier alpha value is -3.64. The molecular formula is C28H28ClF2N5O4S. The van der Waals surface area contributed by atoms with E-state index in [0.717, 1.165) is 17.3 Å². The molecule has 2 N–H and O–H groups in total. The molecule has 13 heteroatoms. The number of thiazole rings is 1. The molecule has 2 aliphatic rings. The number of rotatable bonds is 8. The van der Waals surface area contributed by atoms with Gasteiger partial charge in [-0.25, -0.2) is 18.6 Å². The van der Waals surface area contributed by atoms with Crippen molar-refractivity contribution in [3.63, 3.8) is 0 Å². The van der Waals surface area contributed by atoms with Crippen LogP contribution in [0.15, 0.2) is 46.2 Å². The Kier molecular flexibility index (Phi) is 7.97. The highest BCUT2D eigenvalue weighted by Gasteiger charge is 2.38. The maximum absolute atomic E-state index is 14.6. The molecule has 41 heavy (non-hydrogen) atoms. The number of hydrogen-bond acceptors (Lipinski definition) is 8. The number of nitrogens with one attached hydrogen (secondary N) is 1. The minimum Gasteiger partial charge on any atom is -0.481 e. The molecule has 216 valence electrons. The van der Waals surface area contributed by atoms with Crippen LogP contribution in [0.25, 0.3) is 0 Å². The first kappa shape index (κ1) is 28.9. The molecule has 9 nitrogen and oxygen atoms in total. The van der Waals surface area contributed by atoms with E-state index in [4.69, 9.17) is 16.3 Å². The number of halogens is 3. The molecule has 1 aromatic carbocycles. The maximum atomic E-state index is 14.6. The summed E-state index contributed by atoms with van der Waals surface area (Å²) in [7, 11) is 1.25. The lowest BCUT2D eigenvalue weighted by atomic mass is 9.81. The zero-order valence-electron chi connectivity index (χ0n) is 22.6. The lowest BCUT2D eigenvalue weighted by molar-refractivity contribution is -0.147. The third-order valence-electron chi connectivity index (χ3n) is 7.55. The zero-order chi connectivity index (χ0) is 29.5. The van der Waals surface area contributed by atoms with Gasteiger partial charge in [-0.1, -0.05) is 17.7 Å². The number of carbonyl (C=O) groups excluding carboxylic acids is 1. The van der Waals surface area contributed by atoms with Gasteiger partial charge in [0.25, 0.3) is 0 Å². The fourth-order valence-electron chi connectivity index (χ4n) is 5.07. The third kappa shape index (κ3) is 5.62. The van der Waals surface area contributed by atoms with Gasteiger partial charge in [0, 0.05) is 41.5 Å². The van der Waals surface area contributed by atoms with Crippen molar-refractivity contribution in [1.29, 1.82) is 0 Å². The fourth-order valence-corrected chi connectivity index (χ4v) is 5.92. The number of aryl methyl sites for hydroxylation is 2. The summed E-state index contributed by atoms with van der Waals surface area (Å²) in [6, 6.07) is 1.21. The molecule has 0 bridgehead atoms. The summed E-state index contributed by atoms with van der Waals surface area (Å²) >= 11 is 7.60. The van der Waals surface area contributed by atoms with Crippen LogP contribution >= 0.6 is 22.9 Å². The molecule has 2 atom stereocenters. The van der Waals surface area contributed by atoms with Gasteiger partial charge in [0.1, 0.15) is 6.04 Å². The molecule has 3 aromatic rings. The van der Waals surface area contributed by atoms with Crippen LogP contribution in [0.4, 0.5) is 8.78 Å². The summed E-state index contributed by atoms with van der Waals surface area (Å²) in [5, 5.41) is 19.3. The lowest BCUT2D eigenvalue weighted by Crippen LogP contribution is -2.38. The molecule has 1 aliphatic carbocycles. The number of carboxylic acid groups (broad SMARTS) is 1. The van der Waals surface area contributed by atoms with E-state index in [9.17, 15) is 23.5 Å². The van der Waals surface area contributed by atoms with Gasteiger partial charge in [-0.2, -0.15) is 5.10 Å². The Labute approximate surface area is 243 Å². The predicted molar refractivity (Wildman–Crippen MR) is 149 cm³/mol. The number of aliphatic carboxylic acids is 1. The van der Waals surface area contributed by atoms with Gasteiger partial charge in [0.15, 0.2) is 22.5 Å². The Morgan fingerprint density at radius 3 is 2.78 bits per heavy atom. The van der Waals surface area contributed by atoms with Crippen LogP contribution < -0.4 is 5.32 Å². The average Bonchev–Trinajstić information content (AvgIpc) is 3.64. The van der Waals surface area contributed by atoms with Crippen molar-refractivity contribution in [3.05, 3.63) is 79.7 Å². The highest BCUT2D eigenvalue weighted by atomic mass is 35.5. The van der Waals surface area contributed by atoms with E-state index in [2.05, 4.69) is 20.4 Å². The summed E-state index contributed by atoms with van der Waals surface area (Å²) in [6.07, 6.45) is 5.74. The number of methoxy groups -OCH3 is 1. The largest absolute Gasteiger partial charge is 0.481 e. The first-order valence-electron chi connectivity index (χ1n) is 13.0. The van der Waals surface area contributed by atoms with Crippen LogP contribution in [0.2, 0.25) is 5.02 Å².